The minimum atomic E-state index is -0.279. The quantitative estimate of drug-likeness (QED) is 0.441. The Hall–Kier alpha value is -4.33. The summed E-state index contributed by atoms with van der Waals surface area (Å²) < 4.78 is 21.5. The summed E-state index contributed by atoms with van der Waals surface area (Å²) in [5.74, 6) is 2.34. The Kier molecular flexibility index (Phi) is 6.31. The smallest absolute Gasteiger partial charge is 0.262 e. The number of nitrogens with zero attached hydrogens (tertiary/aromatic N) is 2. The van der Waals surface area contributed by atoms with Crippen LogP contribution in [0, 0.1) is 0 Å². The maximum atomic E-state index is 12.2. The zero-order valence-corrected chi connectivity index (χ0v) is 17.6. The molecule has 8 nitrogen and oxygen atoms in total. The SMILES string of the molecule is COc1ccc(NC(=O)COc2cccc(-c3noc(-c4ccccc4OC)n3)c2)cc1. The van der Waals surface area contributed by atoms with E-state index < -0.39 is 0 Å². The van der Waals surface area contributed by atoms with Crippen LogP contribution in [0.3, 0.4) is 0 Å². The number of amides is 1. The fraction of sp³-hybridized carbons (Fsp3) is 0.125. The van der Waals surface area contributed by atoms with Gasteiger partial charge in [0, 0.05) is 11.3 Å². The fourth-order valence-electron chi connectivity index (χ4n) is 3.02. The summed E-state index contributed by atoms with van der Waals surface area (Å²) in [5.41, 5.74) is 2.06. The monoisotopic (exact) mass is 431 g/mol. The highest BCUT2D eigenvalue weighted by molar-refractivity contribution is 5.91. The van der Waals surface area contributed by atoms with Gasteiger partial charge in [-0.05, 0) is 48.5 Å². The Labute approximate surface area is 184 Å². The first-order chi connectivity index (χ1) is 15.7. The summed E-state index contributed by atoms with van der Waals surface area (Å²) >= 11 is 0. The number of anilines is 1. The molecule has 0 aliphatic heterocycles. The summed E-state index contributed by atoms with van der Waals surface area (Å²) in [7, 11) is 3.17. The molecule has 8 heteroatoms. The molecule has 4 rings (SSSR count). The van der Waals surface area contributed by atoms with Gasteiger partial charge in [0.25, 0.3) is 11.8 Å². The van der Waals surface area contributed by atoms with Gasteiger partial charge in [0.05, 0.1) is 19.8 Å². The molecule has 4 aromatic rings. The van der Waals surface area contributed by atoms with Gasteiger partial charge in [-0.1, -0.05) is 29.4 Å². The maximum Gasteiger partial charge on any atom is 0.262 e. The Bertz CT molecular complexity index is 1200. The summed E-state index contributed by atoms with van der Waals surface area (Å²) in [6.07, 6.45) is 0. The number of para-hydroxylation sites is 1. The summed E-state index contributed by atoms with van der Waals surface area (Å²) in [5, 5.41) is 6.83. The third-order valence-corrected chi connectivity index (χ3v) is 4.60. The molecule has 0 unspecified atom stereocenters. The van der Waals surface area contributed by atoms with Crippen molar-refractivity contribution < 1.29 is 23.5 Å². The van der Waals surface area contributed by atoms with Crippen LogP contribution < -0.4 is 19.5 Å². The second kappa shape index (κ2) is 9.65. The summed E-state index contributed by atoms with van der Waals surface area (Å²) in [6, 6.07) is 21.6. The molecule has 0 fully saturated rings. The standard InChI is InChI=1S/C24H21N3O5/c1-29-18-12-10-17(11-13-18)25-22(28)15-31-19-7-5-6-16(14-19)23-26-24(32-27-23)20-8-3-4-9-21(20)30-2/h3-14H,15H2,1-2H3,(H,25,28). The molecule has 0 aliphatic rings. The van der Waals surface area contributed by atoms with E-state index in [-0.39, 0.29) is 12.5 Å². The van der Waals surface area contributed by atoms with Crippen LogP contribution in [0.15, 0.2) is 77.3 Å². The first-order valence-corrected chi connectivity index (χ1v) is 9.80. The molecule has 3 aromatic carbocycles. The molecule has 1 N–H and O–H groups in total. The van der Waals surface area contributed by atoms with Crippen LogP contribution in [-0.2, 0) is 4.79 Å². The third-order valence-electron chi connectivity index (χ3n) is 4.60. The number of carbonyl (C=O) groups excluding carboxylic acids is 1. The molecule has 0 bridgehead atoms. The minimum Gasteiger partial charge on any atom is -0.497 e. The normalized spacial score (nSPS) is 10.4. The van der Waals surface area contributed by atoms with E-state index in [4.69, 9.17) is 18.7 Å². The largest absolute Gasteiger partial charge is 0.497 e. The highest BCUT2D eigenvalue weighted by atomic mass is 16.5. The van der Waals surface area contributed by atoms with Crippen LogP contribution in [0.1, 0.15) is 0 Å². The van der Waals surface area contributed by atoms with Gasteiger partial charge in [-0.2, -0.15) is 4.98 Å². The topological polar surface area (TPSA) is 95.7 Å². The maximum absolute atomic E-state index is 12.2. The number of methoxy groups -OCH3 is 2. The van der Waals surface area contributed by atoms with Crippen LogP contribution in [-0.4, -0.2) is 36.9 Å². The number of hydrogen-bond acceptors (Lipinski definition) is 7. The van der Waals surface area contributed by atoms with Gasteiger partial charge >= 0.3 is 0 Å². The van der Waals surface area contributed by atoms with Crippen molar-refractivity contribution in [1.82, 2.24) is 10.1 Å². The van der Waals surface area contributed by atoms with E-state index in [1.54, 1.807) is 56.7 Å². The summed E-state index contributed by atoms with van der Waals surface area (Å²) in [4.78, 5) is 16.7. The van der Waals surface area contributed by atoms with Crippen molar-refractivity contribution in [1.29, 1.82) is 0 Å². The van der Waals surface area contributed by atoms with Gasteiger partial charge in [0.15, 0.2) is 6.61 Å². The average molecular weight is 431 g/mol. The Morgan fingerprint density at radius 2 is 1.75 bits per heavy atom. The Balaban J connectivity index is 1.41. The van der Waals surface area contributed by atoms with Crippen LogP contribution >= 0.6 is 0 Å². The van der Waals surface area contributed by atoms with Crippen molar-refractivity contribution in [2.75, 3.05) is 26.1 Å². The van der Waals surface area contributed by atoms with Crippen molar-refractivity contribution in [2.45, 2.75) is 0 Å². The number of carbonyl (C=O) groups is 1. The van der Waals surface area contributed by atoms with Crippen LogP contribution in [0.5, 0.6) is 17.2 Å². The highest BCUT2D eigenvalue weighted by Gasteiger charge is 2.15. The van der Waals surface area contributed by atoms with E-state index >= 15 is 0 Å². The first kappa shape index (κ1) is 20.9. The lowest BCUT2D eigenvalue weighted by molar-refractivity contribution is -0.118. The van der Waals surface area contributed by atoms with Crippen molar-refractivity contribution in [3.63, 3.8) is 0 Å². The third kappa shape index (κ3) is 4.86. The second-order valence-corrected chi connectivity index (χ2v) is 6.72. The van der Waals surface area contributed by atoms with Gasteiger partial charge in [0.1, 0.15) is 17.2 Å². The molecule has 162 valence electrons. The van der Waals surface area contributed by atoms with E-state index in [1.807, 2.05) is 30.3 Å². The van der Waals surface area contributed by atoms with Gasteiger partial charge in [-0.25, -0.2) is 0 Å². The van der Waals surface area contributed by atoms with Crippen molar-refractivity contribution >= 4 is 11.6 Å². The predicted molar refractivity (Wildman–Crippen MR) is 119 cm³/mol. The fourth-order valence-corrected chi connectivity index (χ4v) is 3.02. The molecular weight excluding hydrogens is 410 g/mol. The Morgan fingerprint density at radius 1 is 0.938 bits per heavy atom. The lowest BCUT2D eigenvalue weighted by atomic mass is 10.2. The lowest BCUT2D eigenvalue weighted by Gasteiger charge is -2.08. The van der Waals surface area contributed by atoms with Gasteiger partial charge in [-0.15, -0.1) is 0 Å². The van der Waals surface area contributed by atoms with Gasteiger partial charge < -0.3 is 24.1 Å². The number of aromatic nitrogens is 2. The van der Waals surface area contributed by atoms with E-state index in [0.717, 1.165) is 0 Å². The van der Waals surface area contributed by atoms with E-state index in [2.05, 4.69) is 15.5 Å². The molecule has 1 amide bonds. The molecule has 32 heavy (non-hydrogen) atoms. The Morgan fingerprint density at radius 3 is 2.53 bits per heavy atom. The van der Waals surface area contributed by atoms with Crippen molar-refractivity contribution in [3.8, 4) is 40.1 Å². The van der Waals surface area contributed by atoms with E-state index in [1.165, 1.54) is 0 Å². The van der Waals surface area contributed by atoms with Crippen LogP contribution in [0.2, 0.25) is 0 Å². The zero-order valence-electron chi connectivity index (χ0n) is 17.6. The molecule has 1 heterocycles. The molecule has 1 aromatic heterocycles. The van der Waals surface area contributed by atoms with Crippen LogP contribution in [0.4, 0.5) is 5.69 Å². The number of ether oxygens (including phenoxy) is 3. The second-order valence-electron chi connectivity index (χ2n) is 6.72. The summed E-state index contributed by atoms with van der Waals surface area (Å²) in [6.45, 7) is -0.145. The van der Waals surface area contributed by atoms with Gasteiger partial charge in [0.2, 0.25) is 5.82 Å². The molecule has 0 atom stereocenters. The minimum absolute atomic E-state index is 0.145. The number of benzene rings is 3. The van der Waals surface area contributed by atoms with E-state index in [9.17, 15) is 4.79 Å². The number of hydrogen-bond donors (Lipinski definition) is 1. The molecule has 0 spiro atoms. The molecule has 0 saturated carbocycles. The van der Waals surface area contributed by atoms with Gasteiger partial charge in [-0.3, -0.25) is 4.79 Å². The van der Waals surface area contributed by atoms with E-state index in [0.29, 0.717) is 45.8 Å². The first-order valence-electron chi connectivity index (χ1n) is 9.80. The van der Waals surface area contributed by atoms with Crippen molar-refractivity contribution in [2.24, 2.45) is 0 Å². The molecule has 0 saturated heterocycles. The number of nitrogens with one attached hydrogen (secondary N) is 1. The number of rotatable bonds is 8. The molecule has 0 radical (unpaired) electrons. The highest BCUT2D eigenvalue weighted by Crippen LogP contribution is 2.30. The zero-order chi connectivity index (χ0) is 22.3. The lowest BCUT2D eigenvalue weighted by Crippen LogP contribution is -2.20. The molecule has 0 aliphatic carbocycles. The van der Waals surface area contributed by atoms with Crippen LogP contribution in [0.25, 0.3) is 22.8 Å². The average Bonchev–Trinajstić information content (AvgIpc) is 3.34. The molecular formula is C24H21N3O5. The predicted octanol–water partition coefficient (Wildman–Crippen LogP) is 4.44. The van der Waals surface area contributed by atoms with Crippen molar-refractivity contribution in [3.05, 3.63) is 72.8 Å².